The van der Waals surface area contributed by atoms with Gasteiger partial charge >= 0.3 is 0 Å². The quantitative estimate of drug-likeness (QED) is 0.470. The summed E-state index contributed by atoms with van der Waals surface area (Å²) in [4.78, 5) is 49.3. The van der Waals surface area contributed by atoms with Crippen LogP contribution in [-0.2, 0) is 9.59 Å². The van der Waals surface area contributed by atoms with Crippen LogP contribution in [-0.4, -0.2) is 35.2 Å². The Morgan fingerprint density at radius 2 is 1.58 bits per heavy atom. The Bertz CT molecular complexity index is 978. The van der Waals surface area contributed by atoms with Crippen molar-refractivity contribution >= 4 is 40.8 Å². The van der Waals surface area contributed by atoms with Crippen LogP contribution in [0, 0.1) is 5.41 Å². The van der Waals surface area contributed by atoms with Gasteiger partial charge in [-0.05, 0) is 50.2 Å². The zero-order chi connectivity index (χ0) is 23.2. The second-order valence-electron chi connectivity index (χ2n) is 8.23. The Kier molecular flexibility index (Phi) is 8.16. The van der Waals surface area contributed by atoms with Gasteiger partial charge in [0.25, 0.3) is 5.91 Å². The summed E-state index contributed by atoms with van der Waals surface area (Å²) < 4.78 is 0. The van der Waals surface area contributed by atoms with Gasteiger partial charge < -0.3 is 10.6 Å². The van der Waals surface area contributed by atoms with E-state index in [4.69, 9.17) is 0 Å². The summed E-state index contributed by atoms with van der Waals surface area (Å²) in [5, 5.41) is 5.02. The minimum atomic E-state index is -0.531. The SMILES string of the molecule is CC(=O)c1ccc(NC(=O)[C@@H](C)Sc2ccccc2C(=O)NCC(=O)C(C)(C)C)cc1. The van der Waals surface area contributed by atoms with Gasteiger partial charge in [0.2, 0.25) is 5.91 Å². The zero-order valence-corrected chi connectivity index (χ0v) is 19.3. The second-order valence-corrected chi connectivity index (χ2v) is 9.62. The summed E-state index contributed by atoms with van der Waals surface area (Å²) in [6, 6.07) is 13.7. The van der Waals surface area contributed by atoms with Gasteiger partial charge in [-0.25, -0.2) is 0 Å². The molecule has 0 bridgehead atoms. The number of Topliss-reactive ketones (excluding diaryl/α,β-unsaturated/α-hetero) is 2. The first-order valence-electron chi connectivity index (χ1n) is 9.98. The number of hydrogen-bond acceptors (Lipinski definition) is 5. The third kappa shape index (κ3) is 7.07. The number of amides is 2. The smallest absolute Gasteiger partial charge is 0.252 e. The highest BCUT2D eigenvalue weighted by Gasteiger charge is 2.23. The molecule has 0 radical (unpaired) electrons. The maximum atomic E-state index is 12.6. The highest BCUT2D eigenvalue weighted by molar-refractivity contribution is 8.00. The van der Waals surface area contributed by atoms with E-state index in [9.17, 15) is 19.2 Å². The van der Waals surface area contributed by atoms with Gasteiger partial charge in [-0.15, -0.1) is 11.8 Å². The zero-order valence-electron chi connectivity index (χ0n) is 18.4. The van der Waals surface area contributed by atoms with Gasteiger partial charge in [0.15, 0.2) is 11.6 Å². The molecule has 7 heteroatoms. The van der Waals surface area contributed by atoms with Crippen molar-refractivity contribution in [2.45, 2.75) is 44.8 Å². The first-order chi connectivity index (χ1) is 14.5. The molecular weight excluding hydrogens is 412 g/mol. The van der Waals surface area contributed by atoms with E-state index in [0.717, 1.165) is 0 Å². The molecule has 1 atom stereocenters. The molecule has 2 N–H and O–H groups in total. The third-order valence-electron chi connectivity index (χ3n) is 4.61. The van der Waals surface area contributed by atoms with E-state index in [2.05, 4.69) is 10.6 Å². The topological polar surface area (TPSA) is 92.3 Å². The molecule has 31 heavy (non-hydrogen) atoms. The molecule has 0 aromatic heterocycles. The van der Waals surface area contributed by atoms with Crippen molar-refractivity contribution in [1.29, 1.82) is 0 Å². The number of carbonyl (C=O) groups is 4. The molecule has 2 aromatic rings. The van der Waals surface area contributed by atoms with E-state index < -0.39 is 10.7 Å². The summed E-state index contributed by atoms with van der Waals surface area (Å²) in [5.41, 5.74) is 1.05. The van der Waals surface area contributed by atoms with Crippen molar-refractivity contribution in [3.63, 3.8) is 0 Å². The average molecular weight is 441 g/mol. The molecule has 0 saturated heterocycles. The lowest BCUT2D eigenvalue weighted by Gasteiger charge is -2.18. The number of nitrogens with one attached hydrogen (secondary N) is 2. The minimum absolute atomic E-state index is 0.0408. The number of ketones is 2. The van der Waals surface area contributed by atoms with Gasteiger partial charge in [0.05, 0.1) is 17.4 Å². The van der Waals surface area contributed by atoms with Gasteiger partial charge in [-0.2, -0.15) is 0 Å². The maximum absolute atomic E-state index is 12.6. The number of carbonyl (C=O) groups excluding carboxylic acids is 4. The molecule has 164 valence electrons. The number of thioether (sulfide) groups is 1. The Labute approximate surface area is 187 Å². The van der Waals surface area contributed by atoms with Crippen LogP contribution in [0.3, 0.4) is 0 Å². The van der Waals surface area contributed by atoms with Crippen molar-refractivity contribution in [1.82, 2.24) is 5.32 Å². The van der Waals surface area contributed by atoms with Gasteiger partial charge in [-0.3, -0.25) is 19.2 Å². The number of benzene rings is 2. The van der Waals surface area contributed by atoms with Crippen LogP contribution in [0.15, 0.2) is 53.4 Å². The summed E-state index contributed by atoms with van der Waals surface area (Å²) in [5.74, 6) is -0.678. The second kappa shape index (κ2) is 10.4. The molecule has 0 spiro atoms. The highest BCUT2D eigenvalue weighted by atomic mass is 32.2. The molecular formula is C24H28N2O4S. The third-order valence-corrected chi connectivity index (χ3v) is 5.79. The molecule has 0 fully saturated rings. The Morgan fingerprint density at radius 1 is 0.968 bits per heavy atom. The fourth-order valence-electron chi connectivity index (χ4n) is 2.55. The molecule has 0 unspecified atom stereocenters. The largest absolute Gasteiger partial charge is 0.345 e. The van der Waals surface area contributed by atoms with E-state index in [-0.39, 0.29) is 29.9 Å². The van der Waals surface area contributed by atoms with Crippen LogP contribution in [0.1, 0.15) is 55.3 Å². The van der Waals surface area contributed by atoms with Crippen LogP contribution < -0.4 is 10.6 Å². The Balaban J connectivity index is 2.03. The van der Waals surface area contributed by atoms with E-state index in [1.54, 1.807) is 76.2 Å². The Hall–Kier alpha value is -2.93. The van der Waals surface area contributed by atoms with Crippen LogP contribution >= 0.6 is 11.8 Å². The van der Waals surface area contributed by atoms with Gasteiger partial charge in [0.1, 0.15) is 0 Å². The number of hydrogen-bond donors (Lipinski definition) is 2. The molecule has 0 heterocycles. The summed E-state index contributed by atoms with van der Waals surface area (Å²) >= 11 is 1.26. The van der Waals surface area contributed by atoms with Crippen molar-refractivity contribution < 1.29 is 19.2 Å². The minimum Gasteiger partial charge on any atom is -0.345 e. The fraction of sp³-hybridized carbons (Fsp3) is 0.333. The van der Waals surface area contributed by atoms with E-state index in [0.29, 0.717) is 21.7 Å². The molecule has 6 nitrogen and oxygen atoms in total. The first kappa shape index (κ1) is 24.3. The maximum Gasteiger partial charge on any atom is 0.252 e. The molecule has 0 aliphatic rings. The Morgan fingerprint density at radius 3 is 2.16 bits per heavy atom. The van der Waals surface area contributed by atoms with E-state index in [1.807, 2.05) is 0 Å². The lowest BCUT2D eigenvalue weighted by molar-refractivity contribution is -0.125. The van der Waals surface area contributed by atoms with Crippen molar-refractivity contribution in [2.75, 3.05) is 11.9 Å². The van der Waals surface area contributed by atoms with Crippen LogP contribution in [0.5, 0.6) is 0 Å². The highest BCUT2D eigenvalue weighted by Crippen LogP contribution is 2.28. The van der Waals surface area contributed by atoms with Gasteiger partial charge in [0, 0.05) is 21.6 Å². The lowest BCUT2D eigenvalue weighted by atomic mass is 9.91. The normalized spacial score (nSPS) is 12.0. The molecule has 0 saturated carbocycles. The van der Waals surface area contributed by atoms with Crippen molar-refractivity contribution in [3.05, 3.63) is 59.7 Å². The summed E-state index contributed by atoms with van der Waals surface area (Å²) in [6.07, 6.45) is 0. The monoisotopic (exact) mass is 440 g/mol. The van der Waals surface area contributed by atoms with Crippen LogP contribution in [0.4, 0.5) is 5.69 Å². The van der Waals surface area contributed by atoms with Crippen molar-refractivity contribution in [2.24, 2.45) is 5.41 Å². The van der Waals surface area contributed by atoms with Gasteiger partial charge in [-0.1, -0.05) is 32.9 Å². The predicted molar refractivity (Wildman–Crippen MR) is 124 cm³/mol. The molecule has 2 aromatic carbocycles. The molecule has 0 aliphatic heterocycles. The first-order valence-corrected chi connectivity index (χ1v) is 10.9. The summed E-state index contributed by atoms with van der Waals surface area (Å²) in [6.45, 7) is 8.60. The van der Waals surface area contributed by atoms with Crippen LogP contribution in [0.2, 0.25) is 0 Å². The predicted octanol–water partition coefficient (Wildman–Crippen LogP) is 4.35. The molecule has 0 aliphatic carbocycles. The fourth-order valence-corrected chi connectivity index (χ4v) is 3.55. The molecule has 2 amide bonds. The van der Waals surface area contributed by atoms with E-state index in [1.165, 1.54) is 18.7 Å². The van der Waals surface area contributed by atoms with E-state index >= 15 is 0 Å². The number of rotatable bonds is 8. The van der Waals surface area contributed by atoms with Crippen molar-refractivity contribution in [3.8, 4) is 0 Å². The number of anilines is 1. The summed E-state index contributed by atoms with van der Waals surface area (Å²) in [7, 11) is 0. The molecule has 2 rings (SSSR count). The average Bonchev–Trinajstić information content (AvgIpc) is 2.71. The van der Waals surface area contributed by atoms with Crippen LogP contribution in [0.25, 0.3) is 0 Å². The standard InChI is InChI=1S/C24H28N2O4S/c1-15(27)17-10-12-18(13-11-17)26-22(29)16(2)31-20-9-7-6-8-19(20)23(30)25-14-21(28)24(3,4)5/h6-13,16H,14H2,1-5H3,(H,25,30)(H,26,29)/t16-/m1/s1. The lowest BCUT2D eigenvalue weighted by Crippen LogP contribution is -2.35.